The summed E-state index contributed by atoms with van der Waals surface area (Å²) in [5, 5.41) is 0. The molecule has 0 aliphatic rings. The van der Waals surface area contributed by atoms with Gasteiger partial charge in [0.05, 0.1) is 30.7 Å². The molecule has 0 aromatic heterocycles. The minimum absolute atomic E-state index is 0.292. The SMILES string of the molecule is Fc1c(F)c(F)c(Sc2c(F)c(F)c(Oc3cc(-c4ccc(C(F)(F)F)cc4)c(Oc4c(F)c(F)c(Sc5c(F)c(F)c(F)c(F)c5F)c(F)c4F)cc3-c3ccc(C(F)(F)F)cc3)c(F)c2F)c(F)c1F. The summed E-state index contributed by atoms with van der Waals surface area (Å²) in [7, 11) is 0. The Morgan fingerprint density at radius 1 is 0.278 bits per heavy atom. The average Bonchev–Trinajstić information content (AvgIpc) is 3.34. The maximum Gasteiger partial charge on any atom is 0.416 e. The van der Waals surface area contributed by atoms with Crippen LogP contribution in [0.1, 0.15) is 11.1 Å². The van der Waals surface area contributed by atoms with E-state index in [1.807, 2.05) is 0 Å². The number of alkyl halides is 6. The molecule has 2 nitrogen and oxygen atoms in total. The van der Waals surface area contributed by atoms with Crippen molar-refractivity contribution in [3.8, 4) is 45.3 Å². The maximum atomic E-state index is 15.8. The van der Waals surface area contributed by atoms with Gasteiger partial charge < -0.3 is 9.47 Å². The molecule has 0 aliphatic carbocycles. The molecule has 7 aromatic rings. The van der Waals surface area contributed by atoms with Gasteiger partial charge in [-0.1, -0.05) is 47.8 Å². The first kappa shape index (κ1) is 53.0. The number of hydrogen-bond donors (Lipinski definition) is 0. The van der Waals surface area contributed by atoms with Crippen LogP contribution in [-0.2, 0) is 12.4 Å². The third-order valence-corrected chi connectivity index (χ3v) is 11.9. The molecule has 0 spiro atoms. The second-order valence-corrected chi connectivity index (χ2v) is 16.1. The van der Waals surface area contributed by atoms with Gasteiger partial charge in [0.15, 0.2) is 69.8 Å². The minimum Gasteiger partial charge on any atom is -0.450 e. The zero-order valence-electron chi connectivity index (χ0n) is 33.5. The van der Waals surface area contributed by atoms with Crippen molar-refractivity contribution in [3.63, 3.8) is 0 Å². The fraction of sp³-hybridized carbons (Fsp3) is 0.0455. The van der Waals surface area contributed by atoms with Crippen LogP contribution in [0.15, 0.2) is 80.2 Å². The van der Waals surface area contributed by atoms with Gasteiger partial charge in [-0.2, -0.15) is 43.9 Å². The largest absolute Gasteiger partial charge is 0.450 e. The van der Waals surface area contributed by atoms with E-state index in [9.17, 15) is 70.2 Å². The van der Waals surface area contributed by atoms with Gasteiger partial charge in [-0.15, -0.1) is 0 Å². The highest BCUT2D eigenvalue weighted by molar-refractivity contribution is 7.99. The Hall–Kier alpha value is -6.84. The van der Waals surface area contributed by atoms with Crippen molar-refractivity contribution >= 4 is 23.5 Å². The number of ether oxygens (including phenoxy) is 2. The Bertz CT molecular complexity index is 3020. The van der Waals surface area contributed by atoms with E-state index in [1.165, 1.54) is 0 Å². The molecule has 0 saturated heterocycles. The minimum atomic E-state index is -5.11. The Kier molecular flexibility index (Phi) is 14.2. The second kappa shape index (κ2) is 19.3. The summed E-state index contributed by atoms with van der Waals surface area (Å²) in [5.41, 5.74) is -6.20. The summed E-state index contributed by atoms with van der Waals surface area (Å²) in [5.74, 6) is -55.7. The van der Waals surface area contributed by atoms with Crippen LogP contribution in [0.3, 0.4) is 0 Å². The normalized spacial score (nSPS) is 12.0. The lowest BCUT2D eigenvalue weighted by atomic mass is 9.96. The van der Waals surface area contributed by atoms with Crippen molar-refractivity contribution < 1.29 is 115 Å². The second-order valence-electron chi connectivity index (χ2n) is 14.0. The van der Waals surface area contributed by atoms with Gasteiger partial charge in [0.25, 0.3) is 0 Å². The monoisotopic (exact) mass is 1090 g/mol. The Morgan fingerprint density at radius 3 is 0.708 bits per heavy atom. The number of hydrogen-bond acceptors (Lipinski definition) is 4. The van der Waals surface area contributed by atoms with Gasteiger partial charge >= 0.3 is 12.4 Å². The van der Waals surface area contributed by atoms with Gasteiger partial charge in [0.1, 0.15) is 11.5 Å². The van der Waals surface area contributed by atoms with E-state index in [1.54, 1.807) is 0 Å². The first-order chi connectivity index (χ1) is 33.5. The Labute approximate surface area is 391 Å². The molecule has 0 saturated carbocycles. The summed E-state index contributed by atoms with van der Waals surface area (Å²) in [6.45, 7) is 0. The first-order valence-corrected chi connectivity index (χ1v) is 20.1. The number of benzene rings is 7. The molecule has 28 heteroatoms. The van der Waals surface area contributed by atoms with Crippen molar-refractivity contribution in [2.24, 2.45) is 0 Å². The van der Waals surface area contributed by atoms with Gasteiger partial charge in [0, 0.05) is 11.1 Å². The lowest BCUT2D eigenvalue weighted by molar-refractivity contribution is -0.138. The standard InChI is InChI=1S/C44H10F24O2S2/c45-19-21(47)29(55)39(30(56)22(19)48)71-41-33(59)25(51)37(26(52)34(41)60)69-17-10-16(12-3-7-14(8-4-12)44(66,67)68)18(9-15(17)11-1-5-13(6-2-11)43(63,64)65)70-38-27(53)35(61)42(36(62)28(38)54)72-40-31(57)23(49)20(46)24(50)32(40)58/h1-10H. The number of halogens is 24. The molecule has 7 aromatic carbocycles. The van der Waals surface area contributed by atoms with E-state index in [0.29, 0.717) is 60.7 Å². The van der Waals surface area contributed by atoms with Crippen LogP contribution >= 0.6 is 23.5 Å². The quantitative estimate of drug-likeness (QED) is 0.0772. The summed E-state index contributed by atoms with van der Waals surface area (Å²) in [6.07, 6.45) is -10.2. The van der Waals surface area contributed by atoms with Crippen LogP contribution in [0.4, 0.5) is 105 Å². The maximum absolute atomic E-state index is 15.8. The molecule has 0 amide bonds. The van der Waals surface area contributed by atoms with E-state index in [4.69, 9.17) is 9.47 Å². The van der Waals surface area contributed by atoms with Crippen molar-refractivity contribution in [1.82, 2.24) is 0 Å². The van der Waals surface area contributed by atoms with E-state index in [2.05, 4.69) is 0 Å². The zero-order chi connectivity index (χ0) is 53.4. The van der Waals surface area contributed by atoms with Gasteiger partial charge in [-0.05, 0) is 47.5 Å². The van der Waals surface area contributed by atoms with Crippen LogP contribution in [0, 0.1) is 105 Å². The molecular formula is C44H10F24O2S2. The number of rotatable bonds is 10. The van der Waals surface area contributed by atoms with Crippen LogP contribution in [-0.4, -0.2) is 0 Å². The fourth-order valence-corrected chi connectivity index (χ4v) is 8.01. The highest BCUT2D eigenvalue weighted by atomic mass is 32.2. The molecule has 0 radical (unpaired) electrons. The van der Waals surface area contributed by atoms with Gasteiger partial charge in [0.2, 0.25) is 46.4 Å². The summed E-state index contributed by atoms with van der Waals surface area (Å²) < 4.78 is 357. The lowest BCUT2D eigenvalue weighted by Gasteiger charge is -2.20. The first-order valence-electron chi connectivity index (χ1n) is 18.5. The molecule has 0 heterocycles. The molecule has 0 aliphatic heterocycles. The molecule has 0 N–H and O–H groups in total. The smallest absolute Gasteiger partial charge is 0.416 e. The van der Waals surface area contributed by atoms with Crippen LogP contribution in [0.2, 0.25) is 0 Å². The third-order valence-electron chi connectivity index (χ3n) is 9.67. The van der Waals surface area contributed by atoms with Crippen LogP contribution < -0.4 is 9.47 Å². The molecule has 0 bridgehead atoms. The van der Waals surface area contributed by atoms with E-state index >= 15 is 35.1 Å². The predicted molar refractivity (Wildman–Crippen MR) is 201 cm³/mol. The van der Waals surface area contributed by atoms with E-state index in [-0.39, 0.29) is 0 Å². The summed E-state index contributed by atoms with van der Waals surface area (Å²) in [4.78, 5) is -8.45. The molecule has 0 fully saturated rings. The molecular weight excluding hydrogens is 1080 g/mol. The highest BCUT2D eigenvalue weighted by Gasteiger charge is 2.37. The van der Waals surface area contributed by atoms with Crippen molar-refractivity contribution in [1.29, 1.82) is 0 Å². The Balaban J connectivity index is 1.45. The Morgan fingerprint density at radius 2 is 0.486 bits per heavy atom. The van der Waals surface area contributed by atoms with Crippen molar-refractivity contribution in [3.05, 3.63) is 177 Å². The van der Waals surface area contributed by atoms with Crippen LogP contribution in [0.25, 0.3) is 22.3 Å². The molecule has 7 rings (SSSR count). The van der Waals surface area contributed by atoms with Gasteiger partial charge in [-0.3, -0.25) is 0 Å². The molecule has 72 heavy (non-hydrogen) atoms. The van der Waals surface area contributed by atoms with Crippen molar-refractivity contribution in [2.75, 3.05) is 0 Å². The predicted octanol–water partition coefficient (Wildman–Crippen LogP) is 17.4. The lowest BCUT2D eigenvalue weighted by Crippen LogP contribution is -2.07. The van der Waals surface area contributed by atoms with Crippen LogP contribution in [0.5, 0.6) is 23.0 Å². The third kappa shape index (κ3) is 9.40. The van der Waals surface area contributed by atoms with E-state index in [0.717, 1.165) is 0 Å². The van der Waals surface area contributed by atoms with Gasteiger partial charge in [-0.25, -0.2) is 61.5 Å². The van der Waals surface area contributed by atoms with Crippen molar-refractivity contribution in [2.45, 2.75) is 31.9 Å². The molecule has 0 unspecified atom stereocenters. The fourth-order valence-electron chi connectivity index (χ4n) is 6.17. The summed E-state index contributed by atoms with van der Waals surface area (Å²) in [6, 6.07) is 3.86. The average molecular weight is 1090 g/mol. The molecule has 0 atom stereocenters. The topological polar surface area (TPSA) is 18.5 Å². The highest BCUT2D eigenvalue weighted by Crippen LogP contribution is 2.50. The van der Waals surface area contributed by atoms with E-state index < -0.39 is 217 Å². The summed E-state index contributed by atoms with van der Waals surface area (Å²) >= 11 is -2.15. The molecule has 378 valence electrons. The zero-order valence-corrected chi connectivity index (χ0v) is 35.1.